The highest BCUT2D eigenvalue weighted by Crippen LogP contribution is 2.23. The molecule has 0 amide bonds. The van der Waals surface area contributed by atoms with Crippen LogP contribution in [-0.2, 0) is 13.0 Å². The molecule has 2 nitrogen and oxygen atoms in total. The number of rotatable bonds is 4. The zero-order valence-electron chi connectivity index (χ0n) is 12.1. The number of benzene rings is 2. The van der Waals surface area contributed by atoms with E-state index in [1.54, 1.807) is 6.07 Å². The van der Waals surface area contributed by atoms with Crippen molar-refractivity contribution in [2.45, 2.75) is 19.9 Å². The zero-order valence-corrected chi connectivity index (χ0v) is 12.1. The molecule has 3 aromatic rings. The number of aromatic nitrogens is 1. The van der Waals surface area contributed by atoms with Crippen molar-refractivity contribution in [3.63, 3.8) is 0 Å². The first-order chi connectivity index (χ1) is 10.2. The van der Waals surface area contributed by atoms with Gasteiger partial charge in [0.2, 0.25) is 0 Å². The third kappa shape index (κ3) is 2.69. The van der Waals surface area contributed by atoms with Gasteiger partial charge >= 0.3 is 0 Å². The third-order valence-corrected chi connectivity index (χ3v) is 3.93. The Balaban J connectivity index is 2.04. The van der Waals surface area contributed by atoms with Crippen molar-refractivity contribution < 1.29 is 4.39 Å². The van der Waals surface area contributed by atoms with Gasteiger partial charge in [-0.3, -0.25) is 0 Å². The van der Waals surface area contributed by atoms with Crippen molar-refractivity contribution in [3.8, 4) is 0 Å². The van der Waals surface area contributed by atoms with Gasteiger partial charge in [0, 0.05) is 23.6 Å². The molecular weight excluding hydrogens is 263 g/mol. The van der Waals surface area contributed by atoms with Crippen molar-refractivity contribution >= 4 is 10.9 Å². The lowest BCUT2D eigenvalue weighted by molar-refractivity contribution is 0.625. The first kappa shape index (κ1) is 13.8. The number of halogens is 1. The number of aryl methyl sites for hydroxylation is 1. The highest BCUT2D eigenvalue weighted by Gasteiger charge is 2.09. The fourth-order valence-corrected chi connectivity index (χ4v) is 2.83. The first-order valence-electron chi connectivity index (χ1n) is 7.21. The maximum Gasteiger partial charge on any atom is 0.123 e. The van der Waals surface area contributed by atoms with E-state index in [-0.39, 0.29) is 5.82 Å². The van der Waals surface area contributed by atoms with Crippen LogP contribution >= 0.6 is 0 Å². The minimum atomic E-state index is -0.183. The molecular formula is C18H19FN2. The summed E-state index contributed by atoms with van der Waals surface area (Å²) in [6, 6.07) is 13.3. The second kappa shape index (κ2) is 5.70. The van der Waals surface area contributed by atoms with Gasteiger partial charge in [-0.05, 0) is 54.8 Å². The fraction of sp³-hybridized carbons (Fsp3) is 0.222. The van der Waals surface area contributed by atoms with E-state index in [4.69, 9.17) is 5.73 Å². The van der Waals surface area contributed by atoms with Gasteiger partial charge in [0.05, 0.1) is 0 Å². The minimum Gasteiger partial charge on any atom is -0.343 e. The molecule has 3 heteroatoms. The molecule has 0 bridgehead atoms. The van der Waals surface area contributed by atoms with Crippen molar-refractivity contribution in [2.24, 2.45) is 5.73 Å². The van der Waals surface area contributed by atoms with Gasteiger partial charge < -0.3 is 10.3 Å². The third-order valence-electron chi connectivity index (χ3n) is 3.93. The maximum atomic E-state index is 13.2. The Morgan fingerprint density at radius 3 is 2.67 bits per heavy atom. The largest absolute Gasteiger partial charge is 0.343 e. The molecule has 0 saturated carbocycles. The smallest absolute Gasteiger partial charge is 0.123 e. The summed E-state index contributed by atoms with van der Waals surface area (Å²) in [7, 11) is 0. The topological polar surface area (TPSA) is 30.9 Å². The lowest BCUT2D eigenvalue weighted by Crippen LogP contribution is -2.03. The van der Waals surface area contributed by atoms with Crippen LogP contribution in [-0.4, -0.2) is 11.1 Å². The molecule has 1 heterocycles. The van der Waals surface area contributed by atoms with E-state index in [1.165, 1.54) is 22.5 Å². The number of para-hydroxylation sites is 1. The zero-order chi connectivity index (χ0) is 14.8. The number of fused-ring (bicyclic) bond motifs is 1. The molecule has 0 spiro atoms. The van der Waals surface area contributed by atoms with Crippen LogP contribution in [0.25, 0.3) is 10.9 Å². The van der Waals surface area contributed by atoms with Gasteiger partial charge in [-0.2, -0.15) is 0 Å². The van der Waals surface area contributed by atoms with Crippen LogP contribution in [0.5, 0.6) is 0 Å². The Morgan fingerprint density at radius 1 is 1.10 bits per heavy atom. The summed E-state index contributed by atoms with van der Waals surface area (Å²) in [5.74, 6) is -0.183. The standard InChI is InChI=1S/C18H19FN2/c1-13-10-16(19)7-6-14(13)11-21-12-15(8-9-20)17-4-2-3-5-18(17)21/h2-7,10,12H,8-9,11,20H2,1H3. The Morgan fingerprint density at radius 2 is 1.90 bits per heavy atom. The summed E-state index contributed by atoms with van der Waals surface area (Å²) in [4.78, 5) is 0. The molecule has 0 radical (unpaired) electrons. The molecule has 3 rings (SSSR count). The van der Waals surface area contributed by atoms with Crippen LogP contribution in [0, 0.1) is 12.7 Å². The van der Waals surface area contributed by atoms with Crippen LogP contribution in [0.4, 0.5) is 4.39 Å². The van der Waals surface area contributed by atoms with Crippen LogP contribution in [0.1, 0.15) is 16.7 Å². The molecule has 2 N–H and O–H groups in total. The second-order valence-electron chi connectivity index (χ2n) is 5.41. The van der Waals surface area contributed by atoms with E-state index in [0.717, 1.165) is 24.1 Å². The molecule has 108 valence electrons. The van der Waals surface area contributed by atoms with E-state index in [9.17, 15) is 4.39 Å². The number of hydrogen-bond acceptors (Lipinski definition) is 1. The summed E-state index contributed by atoms with van der Waals surface area (Å²) in [6.45, 7) is 3.34. The van der Waals surface area contributed by atoms with Crippen molar-refractivity contribution in [1.29, 1.82) is 0 Å². The lowest BCUT2D eigenvalue weighted by atomic mass is 10.1. The molecule has 0 aliphatic heterocycles. The van der Waals surface area contributed by atoms with Crippen LogP contribution in [0.15, 0.2) is 48.7 Å². The normalized spacial score (nSPS) is 11.2. The Labute approximate surface area is 124 Å². The van der Waals surface area contributed by atoms with Gasteiger partial charge in [0.15, 0.2) is 0 Å². The average Bonchev–Trinajstić information content (AvgIpc) is 2.81. The van der Waals surface area contributed by atoms with Crippen LogP contribution < -0.4 is 5.73 Å². The molecule has 1 aromatic heterocycles. The highest BCUT2D eigenvalue weighted by molar-refractivity contribution is 5.84. The van der Waals surface area contributed by atoms with E-state index in [0.29, 0.717) is 6.54 Å². The quantitative estimate of drug-likeness (QED) is 0.778. The minimum absolute atomic E-state index is 0.183. The summed E-state index contributed by atoms with van der Waals surface area (Å²) in [5.41, 5.74) is 10.3. The van der Waals surface area contributed by atoms with Gasteiger partial charge in [-0.15, -0.1) is 0 Å². The Bertz CT molecular complexity index is 774. The van der Waals surface area contributed by atoms with Crippen molar-refractivity contribution in [1.82, 2.24) is 4.57 Å². The Kier molecular flexibility index (Phi) is 3.76. The predicted molar refractivity (Wildman–Crippen MR) is 84.9 cm³/mol. The van der Waals surface area contributed by atoms with Crippen LogP contribution in [0.2, 0.25) is 0 Å². The van der Waals surface area contributed by atoms with Crippen LogP contribution in [0.3, 0.4) is 0 Å². The van der Waals surface area contributed by atoms with Gasteiger partial charge in [-0.25, -0.2) is 4.39 Å². The Hall–Kier alpha value is -2.13. The van der Waals surface area contributed by atoms with E-state index < -0.39 is 0 Å². The first-order valence-corrected chi connectivity index (χ1v) is 7.21. The van der Waals surface area contributed by atoms with Gasteiger partial charge in [0.1, 0.15) is 5.82 Å². The summed E-state index contributed by atoms with van der Waals surface area (Å²) < 4.78 is 15.4. The molecule has 0 aliphatic carbocycles. The summed E-state index contributed by atoms with van der Waals surface area (Å²) >= 11 is 0. The van der Waals surface area contributed by atoms with E-state index in [1.807, 2.05) is 19.1 Å². The summed E-state index contributed by atoms with van der Waals surface area (Å²) in [5, 5.41) is 1.25. The molecule has 0 atom stereocenters. The predicted octanol–water partition coefficient (Wildman–Crippen LogP) is 3.64. The lowest BCUT2D eigenvalue weighted by Gasteiger charge is -2.08. The highest BCUT2D eigenvalue weighted by atomic mass is 19.1. The fourth-order valence-electron chi connectivity index (χ4n) is 2.83. The monoisotopic (exact) mass is 282 g/mol. The molecule has 0 fully saturated rings. The van der Waals surface area contributed by atoms with Crippen molar-refractivity contribution in [2.75, 3.05) is 6.54 Å². The van der Waals surface area contributed by atoms with Gasteiger partial charge in [0.25, 0.3) is 0 Å². The van der Waals surface area contributed by atoms with E-state index in [2.05, 4.69) is 29.0 Å². The average molecular weight is 282 g/mol. The molecule has 21 heavy (non-hydrogen) atoms. The van der Waals surface area contributed by atoms with Crippen molar-refractivity contribution in [3.05, 3.63) is 71.2 Å². The second-order valence-corrected chi connectivity index (χ2v) is 5.41. The van der Waals surface area contributed by atoms with E-state index >= 15 is 0 Å². The maximum absolute atomic E-state index is 13.2. The molecule has 0 aliphatic rings. The molecule has 0 saturated heterocycles. The number of nitrogens with zero attached hydrogens (tertiary/aromatic N) is 1. The SMILES string of the molecule is Cc1cc(F)ccc1Cn1cc(CCN)c2ccccc21. The number of nitrogens with two attached hydrogens (primary N) is 1. The number of hydrogen-bond donors (Lipinski definition) is 1. The molecule has 0 unspecified atom stereocenters. The summed E-state index contributed by atoms with van der Waals surface area (Å²) in [6.07, 6.45) is 3.04. The molecule has 2 aromatic carbocycles. The van der Waals surface area contributed by atoms with Gasteiger partial charge in [-0.1, -0.05) is 24.3 Å².